The molecule has 2 aromatic rings. The topological polar surface area (TPSA) is 90.7 Å². The standard InChI is InChI=1S/C20H29ClN8O/c1-3-18-26-25-15-29(18)9-8-23-20(22-2)24-14-19(30)28-12-10-27(11-13-28)17-6-4-16(21)5-7-17/h4-7,15H,3,8-14H2,1-2H3,(H2,22,23,24). The number of halogens is 1. The van der Waals surface area contributed by atoms with Gasteiger partial charge >= 0.3 is 0 Å². The van der Waals surface area contributed by atoms with Crippen LogP contribution < -0.4 is 15.5 Å². The molecule has 1 aromatic carbocycles. The molecule has 1 aromatic heterocycles. The minimum Gasteiger partial charge on any atom is -0.368 e. The summed E-state index contributed by atoms with van der Waals surface area (Å²) in [6.45, 7) is 6.67. The molecule has 0 bridgehead atoms. The molecule has 3 rings (SSSR count). The largest absolute Gasteiger partial charge is 0.368 e. The third-order valence-corrected chi connectivity index (χ3v) is 5.36. The zero-order chi connectivity index (χ0) is 21.3. The molecule has 0 aliphatic carbocycles. The Kier molecular flexibility index (Phi) is 7.89. The fourth-order valence-electron chi connectivity index (χ4n) is 3.39. The second kappa shape index (κ2) is 10.8. The summed E-state index contributed by atoms with van der Waals surface area (Å²) in [4.78, 5) is 20.9. The van der Waals surface area contributed by atoms with Crippen LogP contribution >= 0.6 is 11.6 Å². The molecule has 0 radical (unpaired) electrons. The van der Waals surface area contributed by atoms with E-state index in [2.05, 4.69) is 37.6 Å². The van der Waals surface area contributed by atoms with E-state index in [9.17, 15) is 4.79 Å². The van der Waals surface area contributed by atoms with Crippen molar-refractivity contribution in [2.45, 2.75) is 19.9 Å². The van der Waals surface area contributed by atoms with E-state index < -0.39 is 0 Å². The molecule has 0 unspecified atom stereocenters. The lowest BCUT2D eigenvalue weighted by Crippen LogP contribution is -2.52. The van der Waals surface area contributed by atoms with Gasteiger partial charge in [0.2, 0.25) is 5.91 Å². The quantitative estimate of drug-likeness (QED) is 0.501. The maximum Gasteiger partial charge on any atom is 0.242 e. The van der Waals surface area contributed by atoms with Crippen LogP contribution in [-0.2, 0) is 17.8 Å². The van der Waals surface area contributed by atoms with Crippen LogP contribution in [0.3, 0.4) is 0 Å². The van der Waals surface area contributed by atoms with Gasteiger partial charge in [-0.2, -0.15) is 0 Å². The van der Waals surface area contributed by atoms with Crippen LogP contribution in [0.15, 0.2) is 35.6 Å². The molecule has 0 saturated carbocycles. The number of hydrogen-bond acceptors (Lipinski definition) is 5. The van der Waals surface area contributed by atoms with E-state index in [4.69, 9.17) is 11.6 Å². The summed E-state index contributed by atoms with van der Waals surface area (Å²) < 4.78 is 2.01. The number of carbonyl (C=O) groups excluding carboxylic acids is 1. The molecule has 1 fully saturated rings. The molecule has 0 atom stereocenters. The van der Waals surface area contributed by atoms with Crippen molar-refractivity contribution in [1.82, 2.24) is 30.3 Å². The summed E-state index contributed by atoms with van der Waals surface area (Å²) in [5.74, 6) is 1.63. The lowest BCUT2D eigenvalue weighted by molar-refractivity contribution is -0.130. The van der Waals surface area contributed by atoms with Crippen LogP contribution in [0.5, 0.6) is 0 Å². The van der Waals surface area contributed by atoms with Gasteiger partial charge in [-0.1, -0.05) is 18.5 Å². The highest BCUT2D eigenvalue weighted by Crippen LogP contribution is 2.19. The Bertz CT molecular complexity index is 843. The molecule has 1 saturated heterocycles. The first-order valence-corrected chi connectivity index (χ1v) is 10.6. The maximum absolute atomic E-state index is 12.6. The summed E-state index contributed by atoms with van der Waals surface area (Å²) in [6.07, 6.45) is 2.57. The summed E-state index contributed by atoms with van der Waals surface area (Å²) >= 11 is 5.96. The lowest BCUT2D eigenvalue weighted by atomic mass is 10.2. The van der Waals surface area contributed by atoms with Crippen molar-refractivity contribution in [3.05, 3.63) is 41.4 Å². The van der Waals surface area contributed by atoms with E-state index in [1.807, 2.05) is 33.7 Å². The van der Waals surface area contributed by atoms with Gasteiger partial charge in [0, 0.05) is 63.4 Å². The van der Waals surface area contributed by atoms with E-state index >= 15 is 0 Å². The van der Waals surface area contributed by atoms with Crippen LogP contribution in [0.1, 0.15) is 12.7 Å². The number of piperazine rings is 1. The Balaban J connectivity index is 1.38. The highest BCUT2D eigenvalue weighted by molar-refractivity contribution is 6.30. The summed E-state index contributed by atoms with van der Waals surface area (Å²) in [7, 11) is 1.70. The molecule has 9 nitrogen and oxygen atoms in total. The fourth-order valence-corrected chi connectivity index (χ4v) is 3.52. The summed E-state index contributed by atoms with van der Waals surface area (Å²) in [5.41, 5.74) is 1.13. The van der Waals surface area contributed by atoms with Crippen molar-refractivity contribution in [1.29, 1.82) is 0 Å². The number of rotatable bonds is 7. The first-order chi connectivity index (χ1) is 14.6. The Hall–Kier alpha value is -2.81. The van der Waals surface area contributed by atoms with Crippen molar-refractivity contribution >= 4 is 29.2 Å². The van der Waals surface area contributed by atoms with Gasteiger partial charge in [0.1, 0.15) is 12.2 Å². The van der Waals surface area contributed by atoms with Gasteiger partial charge in [-0.25, -0.2) is 0 Å². The predicted octanol–water partition coefficient (Wildman–Crippen LogP) is 1.01. The van der Waals surface area contributed by atoms with Crippen LogP contribution in [0, 0.1) is 0 Å². The van der Waals surface area contributed by atoms with Gasteiger partial charge in [-0.05, 0) is 24.3 Å². The van der Waals surface area contributed by atoms with Crippen molar-refractivity contribution in [2.75, 3.05) is 51.2 Å². The summed E-state index contributed by atoms with van der Waals surface area (Å²) in [6, 6.07) is 7.81. The first-order valence-electron chi connectivity index (χ1n) is 10.2. The molecule has 30 heavy (non-hydrogen) atoms. The molecule has 2 N–H and O–H groups in total. The molecule has 10 heteroatoms. The predicted molar refractivity (Wildman–Crippen MR) is 119 cm³/mol. The SMILES string of the molecule is CCc1nncn1CCNC(=NC)NCC(=O)N1CCN(c2ccc(Cl)cc2)CC1. The van der Waals surface area contributed by atoms with Crippen molar-refractivity contribution in [3.8, 4) is 0 Å². The van der Waals surface area contributed by atoms with Crippen LogP contribution in [0.4, 0.5) is 5.69 Å². The van der Waals surface area contributed by atoms with Crippen LogP contribution in [0.2, 0.25) is 5.02 Å². The molecule has 0 spiro atoms. The minimum atomic E-state index is 0.0702. The van der Waals surface area contributed by atoms with Gasteiger partial charge in [0.15, 0.2) is 5.96 Å². The Morgan fingerprint density at radius 3 is 2.57 bits per heavy atom. The zero-order valence-corrected chi connectivity index (χ0v) is 18.3. The van der Waals surface area contributed by atoms with E-state index in [0.29, 0.717) is 25.6 Å². The molecule has 2 heterocycles. The Labute approximate surface area is 182 Å². The van der Waals surface area contributed by atoms with Gasteiger partial charge in [0.05, 0.1) is 6.54 Å². The van der Waals surface area contributed by atoms with Crippen LogP contribution in [-0.4, -0.2) is 77.8 Å². The molecular weight excluding hydrogens is 404 g/mol. The second-order valence-electron chi connectivity index (χ2n) is 6.99. The minimum absolute atomic E-state index is 0.0702. The second-order valence-corrected chi connectivity index (χ2v) is 7.43. The Morgan fingerprint density at radius 2 is 1.90 bits per heavy atom. The van der Waals surface area contributed by atoms with Crippen molar-refractivity contribution < 1.29 is 4.79 Å². The highest BCUT2D eigenvalue weighted by Gasteiger charge is 2.21. The molecular formula is C20H29ClN8O. The van der Waals surface area contributed by atoms with Gasteiger partial charge < -0.3 is 25.0 Å². The summed E-state index contributed by atoms with van der Waals surface area (Å²) in [5, 5.41) is 15.1. The smallest absolute Gasteiger partial charge is 0.242 e. The molecule has 1 aliphatic heterocycles. The number of aliphatic imine (C=N–C) groups is 1. The van der Waals surface area contributed by atoms with E-state index in [1.165, 1.54) is 0 Å². The average molecular weight is 433 g/mol. The number of aryl methyl sites for hydroxylation is 1. The van der Waals surface area contributed by atoms with E-state index in [0.717, 1.165) is 42.6 Å². The first kappa shape index (κ1) is 21.9. The van der Waals surface area contributed by atoms with Crippen molar-refractivity contribution in [2.24, 2.45) is 4.99 Å². The third-order valence-electron chi connectivity index (χ3n) is 5.11. The number of hydrogen-bond donors (Lipinski definition) is 2. The number of benzene rings is 1. The monoisotopic (exact) mass is 432 g/mol. The van der Waals surface area contributed by atoms with Gasteiger partial charge in [0.25, 0.3) is 0 Å². The van der Waals surface area contributed by atoms with E-state index in [1.54, 1.807) is 13.4 Å². The number of anilines is 1. The number of carbonyl (C=O) groups is 1. The fraction of sp³-hybridized carbons (Fsp3) is 0.500. The molecule has 1 amide bonds. The molecule has 1 aliphatic rings. The third kappa shape index (κ3) is 5.85. The zero-order valence-electron chi connectivity index (χ0n) is 17.5. The molecule has 162 valence electrons. The normalized spacial score (nSPS) is 14.7. The number of amides is 1. The van der Waals surface area contributed by atoms with Crippen LogP contribution in [0.25, 0.3) is 0 Å². The Morgan fingerprint density at radius 1 is 1.17 bits per heavy atom. The average Bonchev–Trinajstić information content (AvgIpc) is 3.24. The van der Waals surface area contributed by atoms with Gasteiger partial charge in [-0.15, -0.1) is 10.2 Å². The number of aromatic nitrogens is 3. The van der Waals surface area contributed by atoms with Crippen molar-refractivity contribution in [3.63, 3.8) is 0 Å². The van der Waals surface area contributed by atoms with E-state index in [-0.39, 0.29) is 12.5 Å². The highest BCUT2D eigenvalue weighted by atomic mass is 35.5. The number of nitrogens with zero attached hydrogens (tertiary/aromatic N) is 6. The maximum atomic E-state index is 12.6. The lowest BCUT2D eigenvalue weighted by Gasteiger charge is -2.36. The number of nitrogens with one attached hydrogen (secondary N) is 2. The van der Waals surface area contributed by atoms with Gasteiger partial charge in [-0.3, -0.25) is 9.79 Å². The number of guanidine groups is 1.